The number of benzene rings is 1. The van der Waals surface area contributed by atoms with Crippen molar-refractivity contribution in [3.63, 3.8) is 0 Å². The van der Waals surface area contributed by atoms with Crippen molar-refractivity contribution in [2.45, 2.75) is 69.7 Å². The third kappa shape index (κ3) is 7.33. The first kappa shape index (κ1) is 25.8. The van der Waals surface area contributed by atoms with E-state index in [0.717, 1.165) is 38.2 Å². The van der Waals surface area contributed by atoms with Gasteiger partial charge in [0.15, 0.2) is 0 Å². The van der Waals surface area contributed by atoms with Crippen LogP contribution in [0.15, 0.2) is 24.3 Å². The second-order valence-corrected chi connectivity index (χ2v) is 9.13. The van der Waals surface area contributed by atoms with Crippen LogP contribution in [0.2, 0.25) is 0 Å². The van der Waals surface area contributed by atoms with Crippen LogP contribution in [0.5, 0.6) is 0 Å². The van der Waals surface area contributed by atoms with Crippen molar-refractivity contribution in [1.29, 1.82) is 0 Å². The number of aliphatic hydroxyl groups excluding tert-OH is 1. The molecule has 3 amide bonds. The van der Waals surface area contributed by atoms with Crippen molar-refractivity contribution in [1.82, 2.24) is 16.0 Å². The van der Waals surface area contributed by atoms with E-state index in [1.807, 2.05) is 0 Å². The fourth-order valence-electron chi connectivity index (χ4n) is 4.70. The quantitative estimate of drug-likeness (QED) is 0.269. The van der Waals surface area contributed by atoms with Gasteiger partial charge < -0.3 is 25.9 Å². The third-order valence-electron chi connectivity index (χ3n) is 6.61. The Kier molecular flexibility index (Phi) is 9.52. The van der Waals surface area contributed by atoms with E-state index in [0.29, 0.717) is 25.7 Å². The lowest BCUT2D eigenvalue weighted by molar-refractivity contribution is -0.138. The number of hydrogen-bond donors (Lipinski definition) is 5. The molecule has 34 heavy (non-hydrogen) atoms. The summed E-state index contributed by atoms with van der Waals surface area (Å²) >= 11 is 0. The van der Waals surface area contributed by atoms with Crippen molar-refractivity contribution in [2.75, 3.05) is 11.9 Å². The molecule has 9 nitrogen and oxygen atoms in total. The molecule has 0 bridgehead atoms. The maximum Gasteiger partial charge on any atom is 0.313 e. The highest BCUT2D eigenvalue weighted by Gasteiger charge is 2.32. The van der Waals surface area contributed by atoms with Gasteiger partial charge in [0.1, 0.15) is 24.4 Å². The number of carbonyl (C=O) groups is 4. The molecule has 3 rings (SSSR count). The van der Waals surface area contributed by atoms with Crippen LogP contribution >= 0.6 is 0 Å². The lowest BCUT2D eigenvalue weighted by atomic mass is 9.84. The van der Waals surface area contributed by atoms with Crippen molar-refractivity contribution in [3.8, 4) is 0 Å². The minimum atomic E-state index is -1.08. The van der Waals surface area contributed by atoms with Gasteiger partial charge in [-0.25, -0.2) is 4.39 Å². The Balaban J connectivity index is 1.64. The number of nitrogens with one attached hydrogen (secondary N) is 4. The van der Waals surface area contributed by atoms with Gasteiger partial charge >= 0.3 is 11.8 Å². The SMILES string of the molecule is O=C[C@H](C[C@@H]1CCNC1O)NC(=O)[C@H](CC1CCCCC1)NC(=O)C(=O)Nc1ccccc1F. The number of anilines is 1. The first-order chi connectivity index (χ1) is 16.4. The molecule has 0 spiro atoms. The topological polar surface area (TPSA) is 137 Å². The standard InChI is InChI=1S/C24H33FN4O5/c25-18-8-4-5-9-19(18)28-23(33)24(34)29-20(12-15-6-2-1-3-7-15)22(32)27-17(14-30)13-16-10-11-26-21(16)31/h4-5,8-9,14-17,20-21,26,31H,1-3,6-7,10-13H2,(H,27,32)(H,28,33)(H,29,34)/t16-,17-,20-,21?/m0/s1. The number of hydrogen-bond acceptors (Lipinski definition) is 6. The Labute approximate surface area is 198 Å². The van der Waals surface area contributed by atoms with Crippen LogP contribution in [0.25, 0.3) is 0 Å². The van der Waals surface area contributed by atoms with Crippen molar-refractivity contribution < 1.29 is 28.7 Å². The number of rotatable bonds is 9. The van der Waals surface area contributed by atoms with Gasteiger partial charge in [0.25, 0.3) is 0 Å². The third-order valence-corrected chi connectivity index (χ3v) is 6.61. The summed E-state index contributed by atoms with van der Waals surface area (Å²) in [6.45, 7) is 0.628. The van der Waals surface area contributed by atoms with E-state index in [1.54, 1.807) is 0 Å². The van der Waals surface area contributed by atoms with Gasteiger partial charge in [-0.1, -0.05) is 44.2 Å². The summed E-state index contributed by atoms with van der Waals surface area (Å²) < 4.78 is 13.8. The molecule has 4 atom stereocenters. The molecular formula is C24H33FN4O5. The summed E-state index contributed by atoms with van der Waals surface area (Å²) in [7, 11) is 0. The van der Waals surface area contributed by atoms with Crippen molar-refractivity contribution in [3.05, 3.63) is 30.1 Å². The predicted molar refractivity (Wildman–Crippen MR) is 123 cm³/mol. The molecule has 1 aliphatic heterocycles. The number of amides is 3. The minimum Gasteiger partial charge on any atom is -0.378 e. The molecule has 1 heterocycles. The highest BCUT2D eigenvalue weighted by Crippen LogP contribution is 2.27. The van der Waals surface area contributed by atoms with Gasteiger partial charge in [-0.2, -0.15) is 0 Å². The van der Waals surface area contributed by atoms with E-state index in [1.165, 1.54) is 18.2 Å². The summed E-state index contributed by atoms with van der Waals surface area (Å²) in [5, 5.41) is 20.2. The maximum absolute atomic E-state index is 13.8. The lowest BCUT2D eigenvalue weighted by Crippen LogP contribution is -2.53. The monoisotopic (exact) mass is 476 g/mol. The van der Waals surface area contributed by atoms with Gasteiger partial charge in [0.2, 0.25) is 5.91 Å². The smallest absolute Gasteiger partial charge is 0.313 e. The summed E-state index contributed by atoms with van der Waals surface area (Å²) in [6, 6.07) is 3.62. The molecule has 0 aromatic heterocycles. The maximum atomic E-state index is 13.8. The lowest BCUT2D eigenvalue weighted by Gasteiger charge is -2.28. The fourth-order valence-corrected chi connectivity index (χ4v) is 4.70. The van der Waals surface area contributed by atoms with Crippen molar-refractivity contribution in [2.24, 2.45) is 11.8 Å². The molecule has 1 saturated heterocycles. The number of aliphatic hydroxyl groups is 1. The Bertz CT molecular complexity index is 877. The van der Waals surface area contributed by atoms with E-state index in [4.69, 9.17) is 0 Å². The second kappa shape index (κ2) is 12.6. The van der Waals surface area contributed by atoms with E-state index >= 15 is 0 Å². The summed E-state index contributed by atoms with van der Waals surface area (Å²) in [5.41, 5.74) is -0.138. The normalized spacial score (nSPS) is 22.4. The van der Waals surface area contributed by atoms with Crippen molar-refractivity contribution >= 4 is 29.7 Å². The molecule has 1 saturated carbocycles. The molecule has 10 heteroatoms. The average molecular weight is 477 g/mol. The van der Waals surface area contributed by atoms with Gasteiger partial charge in [-0.05, 0) is 43.9 Å². The number of para-hydroxylation sites is 1. The predicted octanol–water partition coefficient (Wildman–Crippen LogP) is 1.22. The molecule has 1 aromatic rings. The fraction of sp³-hybridized carbons (Fsp3) is 0.583. The number of aldehydes is 1. The first-order valence-electron chi connectivity index (χ1n) is 11.9. The summed E-state index contributed by atoms with van der Waals surface area (Å²) in [5.74, 6) is -3.35. The number of halogens is 1. The van der Waals surface area contributed by atoms with Crippen LogP contribution in [-0.2, 0) is 19.2 Å². The summed E-state index contributed by atoms with van der Waals surface area (Å²) in [6.07, 6.45) is 6.18. The Morgan fingerprint density at radius 3 is 2.44 bits per heavy atom. The van der Waals surface area contributed by atoms with E-state index in [-0.39, 0.29) is 23.9 Å². The highest BCUT2D eigenvalue weighted by atomic mass is 19.1. The Hall–Kier alpha value is -2.85. The van der Waals surface area contributed by atoms with Crippen LogP contribution < -0.4 is 21.3 Å². The molecule has 186 valence electrons. The molecule has 5 N–H and O–H groups in total. The van der Waals surface area contributed by atoms with Crippen LogP contribution in [0.4, 0.5) is 10.1 Å². The Morgan fingerprint density at radius 1 is 1.06 bits per heavy atom. The van der Waals surface area contributed by atoms with Crippen LogP contribution in [0, 0.1) is 17.7 Å². The van der Waals surface area contributed by atoms with Crippen LogP contribution in [0.1, 0.15) is 51.4 Å². The number of carbonyl (C=O) groups excluding carboxylic acids is 4. The van der Waals surface area contributed by atoms with Crippen LogP contribution in [-0.4, -0.2) is 54.0 Å². The molecule has 2 aliphatic rings. The molecular weight excluding hydrogens is 443 g/mol. The molecule has 1 aromatic carbocycles. The van der Waals surface area contributed by atoms with Crippen LogP contribution in [0.3, 0.4) is 0 Å². The largest absolute Gasteiger partial charge is 0.378 e. The minimum absolute atomic E-state index is 0.138. The zero-order valence-electron chi connectivity index (χ0n) is 19.1. The zero-order valence-corrected chi connectivity index (χ0v) is 19.1. The van der Waals surface area contributed by atoms with Gasteiger partial charge in [-0.15, -0.1) is 0 Å². The molecule has 0 radical (unpaired) electrons. The average Bonchev–Trinajstić information content (AvgIpc) is 3.24. The zero-order chi connectivity index (χ0) is 24.5. The van der Waals surface area contributed by atoms with E-state index in [9.17, 15) is 28.7 Å². The van der Waals surface area contributed by atoms with Gasteiger partial charge in [0.05, 0.1) is 11.7 Å². The Morgan fingerprint density at radius 2 is 1.79 bits per heavy atom. The van der Waals surface area contributed by atoms with Gasteiger partial charge in [0, 0.05) is 5.92 Å². The van der Waals surface area contributed by atoms with E-state index < -0.39 is 41.9 Å². The first-order valence-corrected chi connectivity index (χ1v) is 11.9. The summed E-state index contributed by atoms with van der Waals surface area (Å²) in [4.78, 5) is 49.6. The van der Waals surface area contributed by atoms with Gasteiger partial charge in [-0.3, -0.25) is 19.7 Å². The second-order valence-electron chi connectivity index (χ2n) is 9.13. The highest BCUT2D eigenvalue weighted by molar-refractivity contribution is 6.40. The molecule has 1 aliphatic carbocycles. The molecule has 2 fully saturated rings. The molecule has 1 unspecified atom stereocenters. The van der Waals surface area contributed by atoms with E-state index in [2.05, 4.69) is 21.3 Å².